The van der Waals surface area contributed by atoms with E-state index in [4.69, 9.17) is 5.11 Å². The van der Waals surface area contributed by atoms with Crippen LogP contribution in [0.15, 0.2) is 30.9 Å². The lowest BCUT2D eigenvalue weighted by Gasteiger charge is -2.20. The smallest absolute Gasteiger partial charge is 0.323 e. The van der Waals surface area contributed by atoms with Gasteiger partial charge in [-0.3, -0.25) is 14.9 Å². The summed E-state index contributed by atoms with van der Waals surface area (Å²) in [6, 6.07) is 2.98. The van der Waals surface area contributed by atoms with Crippen molar-refractivity contribution in [1.29, 1.82) is 0 Å². The van der Waals surface area contributed by atoms with E-state index < -0.39 is 28.9 Å². The SMILES string of the molecule is C=CCN(CC(=O)O)c1ccc(F)cc1[N+](=O)[O-]. The molecule has 18 heavy (non-hydrogen) atoms. The second-order valence-electron chi connectivity index (χ2n) is 3.45. The molecule has 0 unspecified atom stereocenters. The molecule has 0 radical (unpaired) electrons. The first-order chi connectivity index (χ1) is 8.45. The number of aliphatic carboxylic acids is 1. The highest BCUT2D eigenvalue weighted by molar-refractivity contribution is 5.76. The van der Waals surface area contributed by atoms with E-state index in [-0.39, 0.29) is 12.2 Å². The average molecular weight is 254 g/mol. The van der Waals surface area contributed by atoms with Gasteiger partial charge in [-0.2, -0.15) is 0 Å². The molecule has 0 aliphatic rings. The average Bonchev–Trinajstić information content (AvgIpc) is 2.27. The summed E-state index contributed by atoms with van der Waals surface area (Å²) in [5.74, 6) is -1.89. The third kappa shape index (κ3) is 3.27. The number of halogens is 1. The zero-order valence-electron chi connectivity index (χ0n) is 9.38. The lowest BCUT2D eigenvalue weighted by Crippen LogP contribution is -2.30. The van der Waals surface area contributed by atoms with Gasteiger partial charge in [-0.1, -0.05) is 6.08 Å². The Bertz CT molecular complexity index is 490. The maximum atomic E-state index is 13.0. The minimum atomic E-state index is -1.14. The number of hydrogen-bond donors (Lipinski definition) is 1. The van der Waals surface area contributed by atoms with Crippen molar-refractivity contribution in [1.82, 2.24) is 0 Å². The Kier molecular flexibility index (Phi) is 4.36. The number of nitro groups is 1. The first-order valence-corrected chi connectivity index (χ1v) is 4.97. The predicted octanol–water partition coefficient (Wildman–Crippen LogP) is 1.81. The first-order valence-electron chi connectivity index (χ1n) is 4.97. The van der Waals surface area contributed by atoms with Gasteiger partial charge in [-0.25, -0.2) is 4.39 Å². The van der Waals surface area contributed by atoms with Crippen LogP contribution in [-0.4, -0.2) is 29.1 Å². The number of benzene rings is 1. The van der Waals surface area contributed by atoms with E-state index in [1.54, 1.807) is 0 Å². The fourth-order valence-corrected chi connectivity index (χ4v) is 1.48. The Hall–Kier alpha value is -2.44. The maximum absolute atomic E-state index is 13.0. The van der Waals surface area contributed by atoms with E-state index in [2.05, 4.69) is 6.58 Å². The fraction of sp³-hybridized carbons (Fsp3) is 0.182. The van der Waals surface area contributed by atoms with Crippen LogP contribution < -0.4 is 4.90 Å². The molecular weight excluding hydrogens is 243 g/mol. The minimum absolute atomic E-state index is 0.0451. The van der Waals surface area contributed by atoms with Crippen LogP contribution >= 0.6 is 0 Å². The van der Waals surface area contributed by atoms with E-state index in [0.29, 0.717) is 0 Å². The maximum Gasteiger partial charge on any atom is 0.323 e. The highest BCUT2D eigenvalue weighted by atomic mass is 19.1. The lowest BCUT2D eigenvalue weighted by molar-refractivity contribution is -0.384. The van der Waals surface area contributed by atoms with Gasteiger partial charge in [0.2, 0.25) is 0 Å². The van der Waals surface area contributed by atoms with Gasteiger partial charge in [0.1, 0.15) is 18.0 Å². The summed E-state index contributed by atoms with van der Waals surface area (Å²) >= 11 is 0. The van der Waals surface area contributed by atoms with Crippen molar-refractivity contribution in [2.24, 2.45) is 0 Å². The largest absolute Gasteiger partial charge is 0.480 e. The second-order valence-corrected chi connectivity index (χ2v) is 3.45. The van der Waals surface area contributed by atoms with E-state index in [0.717, 1.165) is 12.1 Å². The molecular formula is C11H11FN2O4. The molecule has 0 spiro atoms. The summed E-state index contributed by atoms with van der Waals surface area (Å²) in [4.78, 5) is 22.0. The van der Waals surface area contributed by atoms with Gasteiger partial charge in [0.15, 0.2) is 0 Å². The molecule has 0 aromatic heterocycles. The molecule has 1 aromatic rings. The van der Waals surface area contributed by atoms with Gasteiger partial charge in [-0.15, -0.1) is 6.58 Å². The minimum Gasteiger partial charge on any atom is -0.480 e. The summed E-state index contributed by atoms with van der Waals surface area (Å²) in [7, 11) is 0. The Morgan fingerprint density at radius 2 is 2.28 bits per heavy atom. The summed E-state index contributed by atoms with van der Waals surface area (Å²) in [6.45, 7) is 3.12. The standard InChI is InChI=1S/C11H11FN2O4/c1-2-5-13(7-11(15)16)9-4-3-8(12)6-10(9)14(17)18/h2-4,6H,1,5,7H2,(H,15,16). The van der Waals surface area contributed by atoms with Crippen molar-refractivity contribution >= 4 is 17.3 Å². The molecule has 0 atom stereocenters. The molecule has 0 saturated heterocycles. The molecule has 1 N–H and O–H groups in total. The molecule has 1 aromatic carbocycles. The summed E-state index contributed by atoms with van der Waals surface area (Å²) < 4.78 is 13.0. The molecule has 0 heterocycles. The van der Waals surface area contributed by atoms with Crippen LogP contribution in [-0.2, 0) is 4.79 Å². The lowest BCUT2D eigenvalue weighted by atomic mass is 10.2. The number of carboxylic acids is 1. The molecule has 0 amide bonds. The van der Waals surface area contributed by atoms with Gasteiger partial charge in [0, 0.05) is 6.54 Å². The second kappa shape index (κ2) is 5.76. The molecule has 0 aliphatic carbocycles. The Morgan fingerprint density at radius 1 is 1.61 bits per heavy atom. The fourth-order valence-electron chi connectivity index (χ4n) is 1.48. The van der Waals surface area contributed by atoms with Gasteiger partial charge < -0.3 is 10.0 Å². The number of nitro benzene ring substituents is 1. The molecule has 7 heteroatoms. The third-order valence-electron chi connectivity index (χ3n) is 2.15. The Morgan fingerprint density at radius 3 is 2.78 bits per heavy atom. The molecule has 0 bridgehead atoms. The molecule has 0 aliphatic heterocycles. The quantitative estimate of drug-likeness (QED) is 0.475. The topological polar surface area (TPSA) is 83.7 Å². The predicted molar refractivity (Wildman–Crippen MR) is 63.1 cm³/mol. The van der Waals surface area contributed by atoms with E-state index >= 15 is 0 Å². The van der Waals surface area contributed by atoms with E-state index in [9.17, 15) is 19.3 Å². The Balaban J connectivity index is 3.21. The highest BCUT2D eigenvalue weighted by Crippen LogP contribution is 2.28. The third-order valence-corrected chi connectivity index (χ3v) is 2.15. The molecule has 0 saturated carbocycles. The van der Waals surface area contributed by atoms with Crippen molar-refractivity contribution in [3.05, 3.63) is 46.8 Å². The van der Waals surface area contributed by atoms with Crippen LogP contribution in [0, 0.1) is 15.9 Å². The van der Waals surface area contributed by atoms with Crippen molar-refractivity contribution in [3.8, 4) is 0 Å². The van der Waals surface area contributed by atoms with Crippen molar-refractivity contribution in [2.45, 2.75) is 0 Å². The summed E-state index contributed by atoms with van der Waals surface area (Å²) in [6.07, 6.45) is 1.41. The van der Waals surface area contributed by atoms with Crippen LogP contribution in [0.4, 0.5) is 15.8 Å². The van der Waals surface area contributed by atoms with Crippen LogP contribution in [0.1, 0.15) is 0 Å². The van der Waals surface area contributed by atoms with Crippen molar-refractivity contribution in [3.63, 3.8) is 0 Å². The molecule has 6 nitrogen and oxygen atoms in total. The highest BCUT2D eigenvalue weighted by Gasteiger charge is 2.21. The summed E-state index contributed by atoms with van der Waals surface area (Å²) in [5, 5.41) is 19.5. The van der Waals surface area contributed by atoms with Crippen LogP contribution in [0.3, 0.4) is 0 Å². The molecule has 1 rings (SSSR count). The van der Waals surface area contributed by atoms with E-state index in [1.807, 2.05) is 0 Å². The van der Waals surface area contributed by atoms with Crippen LogP contribution in [0.5, 0.6) is 0 Å². The van der Waals surface area contributed by atoms with Gasteiger partial charge in [0.05, 0.1) is 11.0 Å². The zero-order valence-corrected chi connectivity index (χ0v) is 9.38. The molecule has 96 valence electrons. The van der Waals surface area contributed by atoms with Crippen LogP contribution in [0.2, 0.25) is 0 Å². The monoisotopic (exact) mass is 254 g/mol. The van der Waals surface area contributed by atoms with Crippen molar-refractivity contribution < 1.29 is 19.2 Å². The normalized spacial score (nSPS) is 9.83. The molecule has 0 fully saturated rings. The Labute approximate surface area is 102 Å². The van der Waals surface area contributed by atoms with Crippen LogP contribution in [0.25, 0.3) is 0 Å². The zero-order chi connectivity index (χ0) is 13.7. The van der Waals surface area contributed by atoms with Crippen molar-refractivity contribution in [2.75, 3.05) is 18.0 Å². The number of carbonyl (C=O) groups is 1. The first kappa shape index (κ1) is 13.6. The number of anilines is 1. The van der Waals surface area contributed by atoms with E-state index in [1.165, 1.54) is 17.0 Å². The summed E-state index contributed by atoms with van der Waals surface area (Å²) in [5.41, 5.74) is -0.429. The van der Waals surface area contributed by atoms with Gasteiger partial charge >= 0.3 is 5.97 Å². The number of nitrogens with zero attached hydrogens (tertiary/aromatic N) is 2. The number of carboxylic acid groups (broad SMARTS) is 1. The van der Waals surface area contributed by atoms with Gasteiger partial charge in [-0.05, 0) is 12.1 Å². The van der Waals surface area contributed by atoms with Gasteiger partial charge in [0.25, 0.3) is 5.69 Å². The number of rotatable bonds is 6. The number of hydrogen-bond acceptors (Lipinski definition) is 4.